The van der Waals surface area contributed by atoms with Crippen LogP contribution in [0.4, 0.5) is 14.5 Å². The Balaban J connectivity index is 1.79. The molecule has 0 aliphatic carbocycles. The minimum Gasteiger partial charge on any atom is -0.453 e. The summed E-state index contributed by atoms with van der Waals surface area (Å²) in [7, 11) is 2.03. The molecule has 4 rings (SSSR count). The quantitative estimate of drug-likeness (QED) is 0.626. The second-order valence-corrected chi connectivity index (χ2v) is 7.88. The van der Waals surface area contributed by atoms with Crippen LogP contribution in [0.5, 0.6) is 11.5 Å². The largest absolute Gasteiger partial charge is 0.453 e. The summed E-state index contributed by atoms with van der Waals surface area (Å²) in [6.07, 6.45) is 4.79. The molecule has 2 aromatic rings. The lowest BCUT2D eigenvalue weighted by atomic mass is 9.92. The highest BCUT2D eigenvalue weighted by Gasteiger charge is 2.26. The fourth-order valence-electron chi connectivity index (χ4n) is 3.80. The number of nitrogens with one attached hydrogen (secondary N) is 3. The molecule has 0 spiro atoms. The van der Waals surface area contributed by atoms with Crippen LogP contribution in [0.3, 0.4) is 0 Å². The summed E-state index contributed by atoms with van der Waals surface area (Å²) in [6, 6.07) is 7.93. The Kier molecular flexibility index (Phi) is 5.72. The summed E-state index contributed by atoms with van der Waals surface area (Å²) >= 11 is 0. The topological polar surface area (TPSA) is 60.4 Å². The van der Waals surface area contributed by atoms with E-state index in [4.69, 9.17) is 10.1 Å². The Bertz CT molecular complexity index is 987. The first kappa shape index (κ1) is 20.3. The van der Waals surface area contributed by atoms with E-state index < -0.39 is 11.6 Å². The van der Waals surface area contributed by atoms with Gasteiger partial charge in [0.1, 0.15) is 11.6 Å². The lowest BCUT2D eigenvalue weighted by Crippen LogP contribution is -2.53. The van der Waals surface area contributed by atoms with Crippen LogP contribution in [-0.2, 0) is 6.42 Å². The number of allylic oxidation sites excluding steroid dienone is 1. The van der Waals surface area contributed by atoms with Gasteiger partial charge in [0.05, 0.1) is 6.04 Å². The maximum Gasteiger partial charge on any atom is 0.168 e. The molecule has 5 nitrogen and oxygen atoms in total. The standard InChI is InChI=1S/C23H26F2N4O/c1-14-3-5-19-21(29(14)2)7-6-18(15(10-26)11-28-17-12-27-13-17)23(19)30-22-8-4-16(24)9-20(22)25/h4,6-11,14,17,26-28H,3,5,12-13H2,1-2H3/b15-11+,26-10?. The van der Waals surface area contributed by atoms with Crippen LogP contribution in [0.25, 0.3) is 5.57 Å². The average Bonchev–Trinajstić information content (AvgIpc) is 2.69. The molecule has 0 bridgehead atoms. The third-order valence-corrected chi connectivity index (χ3v) is 5.92. The van der Waals surface area contributed by atoms with E-state index in [2.05, 4.69) is 22.5 Å². The van der Waals surface area contributed by atoms with Gasteiger partial charge in [-0.2, -0.15) is 0 Å². The second kappa shape index (κ2) is 8.44. The number of nitrogens with zero attached hydrogens (tertiary/aromatic N) is 1. The number of benzene rings is 2. The van der Waals surface area contributed by atoms with Crippen molar-refractivity contribution in [3.63, 3.8) is 0 Å². The Labute approximate surface area is 175 Å². The molecule has 3 N–H and O–H groups in total. The Morgan fingerprint density at radius 3 is 2.73 bits per heavy atom. The van der Waals surface area contributed by atoms with E-state index in [1.807, 2.05) is 25.4 Å². The zero-order valence-corrected chi connectivity index (χ0v) is 17.1. The van der Waals surface area contributed by atoms with Crippen molar-refractivity contribution >= 4 is 17.5 Å². The van der Waals surface area contributed by atoms with Gasteiger partial charge in [-0.3, -0.25) is 0 Å². The molecule has 2 aliphatic rings. The monoisotopic (exact) mass is 412 g/mol. The van der Waals surface area contributed by atoms with Gasteiger partial charge < -0.3 is 25.7 Å². The molecule has 7 heteroatoms. The van der Waals surface area contributed by atoms with E-state index in [1.54, 1.807) is 0 Å². The number of hydrogen-bond acceptors (Lipinski definition) is 5. The van der Waals surface area contributed by atoms with Gasteiger partial charge in [-0.05, 0) is 44.0 Å². The van der Waals surface area contributed by atoms with E-state index in [-0.39, 0.29) is 5.75 Å². The number of rotatable bonds is 6. The van der Waals surface area contributed by atoms with Gasteiger partial charge in [0.15, 0.2) is 11.6 Å². The van der Waals surface area contributed by atoms with Gasteiger partial charge in [-0.25, -0.2) is 8.78 Å². The van der Waals surface area contributed by atoms with Crippen LogP contribution < -0.4 is 20.3 Å². The van der Waals surface area contributed by atoms with Crippen LogP contribution in [0.1, 0.15) is 24.5 Å². The van der Waals surface area contributed by atoms with Gasteiger partial charge in [0.2, 0.25) is 0 Å². The summed E-state index contributed by atoms with van der Waals surface area (Å²) in [5.41, 5.74) is 3.34. The second-order valence-electron chi connectivity index (χ2n) is 7.88. The molecule has 1 fully saturated rings. The lowest BCUT2D eigenvalue weighted by Gasteiger charge is -2.35. The van der Waals surface area contributed by atoms with Gasteiger partial charge in [0.25, 0.3) is 0 Å². The fourth-order valence-corrected chi connectivity index (χ4v) is 3.80. The summed E-state index contributed by atoms with van der Waals surface area (Å²) < 4.78 is 33.8. The molecule has 158 valence electrons. The van der Waals surface area contributed by atoms with Crippen LogP contribution in [-0.4, -0.2) is 38.4 Å². The summed E-state index contributed by atoms with van der Waals surface area (Å²) in [5.74, 6) is -0.926. The van der Waals surface area contributed by atoms with Crippen LogP contribution in [0, 0.1) is 17.0 Å². The number of ether oxygens (including phenoxy) is 1. The van der Waals surface area contributed by atoms with E-state index >= 15 is 0 Å². The first-order valence-electron chi connectivity index (χ1n) is 10.2. The minimum atomic E-state index is -0.755. The fraction of sp³-hybridized carbons (Fsp3) is 0.348. The maximum atomic E-state index is 14.4. The first-order chi connectivity index (χ1) is 14.5. The smallest absolute Gasteiger partial charge is 0.168 e. The van der Waals surface area contributed by atoms with Crippen molar-refractivity contribution in [2.75, 3.05) is 25.0 Å². The minimum absolute atomic E-state index is 0.0344. The summed E-state index contributed by atoms with van der Waals surface area (Å²) in [5, 5.41) is 14.4. The molecule has 1 unspecified atom stereocenters. The summed E-state index contributed by atoms with van der Waals surface area (Å²) in [4.78, 5) is 2.18. The van der Waals surface area contributed by atoms with E-state index in [1.165, 1.54) is 18.3 Å². The molecule has 0 aromatic heterocycles. The third-order valence-electron chi connectivity index (χ3n) is 5.92. The zero-order chi connectivity index (χ0) is 21.3. The molecule has 2 aliphatic heterocycles. The molecule has 1 saturated heterocycles. The van der Waals surface area contributed by atoms with Crippen molar-refractivity contribution in [2.24, 2.45) is 0 Å². The highest BCUT2D eigenvalue weighted by atomic mass is 19.1. The highest BCUT2D eigenvalue weighted by molar-refractivity contribution is 6.09. The molecule has 2 aromatic carbocycles. The van der Waals surface area contributed by atoms with Gasteiger partial charge in [0, 0.05) is 67.0 Å². The van der Waals surface area contributed by atoms with Crippen molar-refractivity contribution in [1.82, 2.24) is 10.6 Å². The molecular formula is C23H26F2N4O. The van der Waals surface area contributed by atoms with Crippen LogP contribution in [0.2, 0.25) is 0 Å². The molecule has 2 heterocycles. The lowest BCUT2D eigenvalue weighted by molar-refractivity contribution is 0.401. The van der Waals surface area contributed by atoms with Gasteiger partial charge >= 0.3 is 0 Å². The number of hydrogen-bond donors (Lipinski definition) is 3. The average molecular weight is 412 g/mol. The number of halogens is 2. The third kappa shape index (κ3) is 3.89. The Morgan fingerprint density at radius 1 is 1.27 bits per heavy atom. The number of fused-ring (bicyclic) bond motifs is 1. The Hall–Kier alpha value is -2.93. The molecule has 30 heavy (non-hydrogen) atoms. The van der Waals surface area contributed by atoms with E-state index in [9.17, 15) is 8.78 Å². The van der Waals surface area contributed by atoms with Crippen molar-refractivity contribution in [2.45, 2.75) is 31.8 Å². The SMILES string of the molecule is CC1CCc2c(ccc(/C(C=N)=C/NC3CNC3)c2Oc2ccc(F)cc2F)N1C. The molecule has 0 radical (unpaired) electrons. The van der Waals surface area contributed by atoms with Crippen molar-refractivity contribution in [3.05, 3.63) is 59.3 Å². The van der Waals surface area contributed by atoms with Crippen LogP contribution >= 0.6 is 0 Å². The molecule has 0 amide bonds. The Morgan fingerprint density at radius 2 is 2.07 bits per heavy atom. The number of anilines is 1. The van der Waals surface area contributed by atoms with Gasteiger partial charge in [-0.15, -0.1) is 0 Å². The van der Waals surface area contributed by atoms with E-state index in [0.29, 0.717) is 29.0 Å². The maximum absolute atomic E-state index is 14.4. The highest BCUT2D eigenvalue weighted by Crippen LogP contribution is 2.42. The normalized spacial score (nSPS) is 19.1. The van der Waals surface area contributed by atoms with Gasteiger partial charge in [-0.1, -0.05) is 0 Å². The van der Waals surface area contributed by atoms with Crippen molar-refractivity contribution < 1.29 is 13.5 Å². The predicted molar refractivity (Wildman–Crippen MR) is 116 cm³/mol. The molecule has 1 atom stereocenters. The summed E-state index contributed by atoms with van der Waals surface area (Å²) in [6.45, 7) is 3.91. The first-order valence-corrected chi connectivity index (χ1v) is 10.2. The zero-order valence-electron chi connectivity index (χ0n) is 17.1. The van der Waals surface area contributed by atoms with E-state index in [0.717, 1.165) is 43.2 Å². The molecule has 0 saturated carbocycles. The predicted octanol–water partition coefficient (Wildman–Crippen LogP) is 4.08. The van der Waals surface area contributed by atoms with Crippen molar-refractivity contribution in [1.29, 1.82) is 5.41 Å². The van der Waals surface area contributed by atoms with Crippen molar-refractivity contribution in [3.8, 4) is 11.5 Å². The molecular weight excluding hydrogens is 386 g/mol. The van der Waals surface area contributed by atoms with Crippen LogP contribution in [0.15, 0.2) is 36.5 Å².